The maximum absolute atomic E-state index is 12.2. The fourth-order valence-corrected chi connectivity index (χ4v) is 3.08. The molecular formula is C14H21N3O4S. The third kappa shape index (κ3) is 3.89. The van der Waals surface area contributed by atoms with Crippen molar-refractivity contribution in [3.05, 3.63) is 24.3 Å². The minimum atomic E-state index is -3.47. The topological polar surface area (TPSA) is 79.0 Å². The first kappa shape index (κ1) is 16.6. The van der Waals surface area contributed by atoms with E-state index in [0.29, 0.717) is 24.5 Å². The molecule has 1 atom stereocenters. The molecule has 0 spiro atoms. The molecule has 1 aromatic rings. The van der Waals surface area contributed by atoms with E-state index in [4.69, 9.17) is 4.74 Å². The van der Waals surface area contributed by atoms with Gasteiger partial charge in [0.2, 0.25) is 10.0 Å². The second kappa shape index (κ2) is 6.53. The summed E-state index contributed by atoms with van der Waals surface area (Å²) in [5.74, 6) is 0.0805. The van der Waals surface area contributed by atoms with Gasteiger partial charge in [-0.25, -0.2) is 8.42 Å². The van der Waals surface area contributed by atoms with Crippen LogP contribution in [-0.4, -0.2) is 65.3 Å². The second-order valence-corrected chi connectivity index (χ2v) is 7.37. The predicted octanol–water partition coefficient (Wildman–Crippen LogP) is -0.109. The van der Waals surface area contributed by atoms with Gasteiger partial charge >= 0.3 is 0 Å². The molecule has 0 aliphatic carbocycles. The highest BCUT2D eigenvalue weighted by Crippen LogP contribution is 2.34. The van der Waals surface area contributed by atoms with Gasteiger partial charge in [0, 0.05) is 13.1 Å². The first-order valence-electron chi connectivity index (χ1n) is 6.95. The lowest BCUT2D eigenvalue weighted by Crippen LogP contribution is -2.51. The molecule has 0 aromatic heterocycles. The molecule has 122 valence electrons. The summed E-state index contributed by atoms with van der Waals surface area (Å²) in [7, 11) is 0.341. The summed E-state index contributed by atoms with van der Waals surface area (Å²) in [5, 5.41) is 2.76. The van der Waals surface area contributed by atoms with Crippen LogP contribution in [0.25, 0.3) is 0 Å². The van der Waals surface area contributed by atoms with Crippen molar-refractivity contribution < 1.29 is 17.9 Å². The van der Waals surface area contributed by atoms with E-state index in [1.807, 2.05) is 19.0 Å². The predicted molar refractivity (Wildman–Crippen MR) is 84.6 cm³/mol. The van der Waals surface area contributed by atoms with Crippen LogP contribution in [0, 0.1) is 0 Å². The normalized spacial score (nSPS) is 17.8. The van der Waals surface area contributed by atoms with E-state index in [2.05, 4.69) is 5.32 Å². The van der Waals surface area contributed by atoms with Crippen molar-refractivity contribution in [1.29, 1.82) is 0 Å². The molecule has 1 N–H and O–H groups in total. The van der Waals surface area contributed by atoms with Gasteiger partial charge in [-0.3, -0.25) is 9.10 Å². The molecule has 0 saturated carbocycles. The second-order valence-electron chi connectivity index (χ2n) is 5.46. The number of benzene rings is 1. The number of para-hydroxylation sites is 2. The quantitative estimate of drug-likeness (QED) is 0.816. The van der Waals surface area contributed by atoms with Crippen LogP contribution >= 0.6 is 0 Å². The lowest BCUT2D eigenvalue weighted by Gasteiger charge is -2.33. The fourth-order valence-electron chi connectivity index (χ4n) is 2.17. The van der Waals surface area contributed by atoms with Gasteiger partial charge in [-0.15, -0.1) is 0 Å². The van der Waals surface area contributed by atoms with Crippen LogP contribution in [0.15, 0.2) is 24.3 Å². The molecule has 1 heterocycles. The molecule has 1 aromatic carbocycles. The number of amides is 1. The van der Waals surface area contributed by atoms with Crippen molar-refractivity contribution in [3.63, 3.8) is 0 Å². The molecule has 0 unspecified atom stereocenters. The van der Waals surface area contributed by atoms with Crippen molar-refractivity contribution in [3.8, 4) is 5.75 Å². The highest BCUT2D eigenvalue weighted by Gasteiger charge is 2.34. The Kier molecular flexibility index (Phi) is 4.92. The highest BCUT2D eigenvalue weighted by atomic mass is 32.2. The zero-order valence-electron chi connectivity index (χ0n) is 12.9. The van der Waals surface area contributed by atoms with E-state index in [9.17, 15) is 13.2 Å². The number of carbonyl (C=O) groups is 1. The fraction of sp³-hybridized carbons (Fsp3) is 0.500. The number of hydrogen-bond acceptors (Lipinski definition) is 5. The van der Waals surface area contributed by atoms with Crippen LogP contribution < -0.4 is 14.4 Å². The Hall–Kier alpha value is -1.80. The average molecular weight is 327 g/mol. The first-order valence-corrected chi connectivity index (χ1v) is 8.79. The summed E-state index contributed by atoms with van der Waals surface area (Å²) in [5.41, 5.74) is 0.461. The number of hydrogen-bond donors (Lipinski definition) is 1. The Bertz CT molecular complexity index is 645. The number of likely N-dealkylation sites (N-methyl/N-ethyl adjacent to an activating group) is 1. The van der Waals surface area contributed by atoms with Gasteiger partial charge in [-0.1, -0.05) is 12.1 Å². The van der Waals surface area contributed by atoms with Crippen LogP contribution in [0.5, 0.6) is 5.75 Å². The van der Waals surface area contributed by atoms with Crippen LogP contribution in [0.3, 0.4) is 0 Å². The Morgan fingerprint density at radius 2 is 2.09 bits per heavy atom. The van der Waals surface area contributed by atoms with Gasteiger partial charge in [0.25, 0.3) is 5.91 Å². The lowest BCUT2D eigenvalue weighted by atomic mass is 10.2. The van der Waals surface area contributed by atoms with Crippen LogP contribution in [0.4, 0.5) is 5.69 Å². The first-order chi connectivity index (χ1) is 10.3. The average Bonchev–Trinajstić information content (AvgIpc) is 2.44. The monoisotopic (exact) mass is 327 g/mol. The van der Waals surface area contributed by atoms with Crippen molar-refractivity contribution >= 4 is 21.6 Å². The number of sulfonamides is 1. The van der Waals surface area contributed by atoms with Gasteiger partial charge in [0.15, 0.2) is 6.10 Å². The van der Waals surface area contributed by atoms with Gasteiger partial charge in [0.1, 0.15) is 5.75 Å². The molecule has 0 saturated heterocycles. The Labute approximate surface area is 130 Å². The standard InChI is InChI=1S/C14H21N3O4S/c1-16(2)9-8-15-14(18)13-10-17(22(3,19)20)11-6-4-5-7-12(11)21-13/h4-7,13H,8-10H2,1-3H3,(H,15,18)/t13-/m0/s1. The molecular weight excluding hydrogens is 306 g/mol. The summed E-state index contributed by atoms with van der Waals surface area (Å²) < 4.78 is 30.8. The smallest absolute Gasteiger partial charge is 0.263 e. The molecule has 22 heavy (non-hydrogen) atoms. The van der Waals surface area contributed by atoms with Gasteiger partial charge in [-0.2, -0.15) is 0 Å². The van der Waals surface area contributed by atoms with E-state index in [-0.39, 0.29) is 12.5 Å². The molecule has 2 rings (SSSR count). The van der Waals surface area contributed by atoms with E-state index < -0.39 is 16.1 Å². The molecule has 1 aliphatic heterocycles. The molecule has 8 heteroatoms. The summed E-state index contributed by atoms with van der Waals surface area (Å²) in [6, 6.07) is 6.80. The maximum Gasteiger partial charge on any atom is 0.263 e. The van der Waals surface area contributed by atoms with Crippen molar-refractivity contribution in [2.75, 3.05) is 44.3 Å². The maximum atomic E-state index is 12.2. The third-order valence-corrected chi connectivity index (χ3v) is 4.43. The molecule has 0 radical (unpaired) electrons. The summed E-state index contributed by atoms with van der Waals surface area (Å²) in [4.78, 5) is 14.1. The molecule has 1 aliphatic rings. The number of carbonyl (C=O) groups excluding carboxylic acids is 1. The third-order valence-electron chi connectivity index (χ3n) is 3.29. The number of rotatable bonds is 5. The summed E-state index contributed by atoms with van der Waals surface area (Å²) in [6.45, 7) is 1.15. The summed E-state index contributed by atoms with van der Waals surface area (Å²) >= 11 is 0. The van der Waals surface area contributed by atoms with Crippen molar-refractivity contribution in [2.24, 2.45) is 0 Å². The Morgan fingerprint density at radius 1 is 1.41 bits per heavy atom. The van der Waals surface area contributed by atoms with Crippen molar-refractivity contribution in [2.45, 2.75) is 6.10 Å². The van der Waals surface area contributed by atoms with Crippen molar-refractivity contribution in [1.82, 2.24) is 10.2 Å². The van der Waals surface area contributed by atoms with E-state index >= 15 is 0 Å². The van der Waals surface area contributed by atoms with Crippen LogP contribution in [0.1, 0.15) is 0 Å². The highest BCUT2D eigenvalue weighted by molar-refractivity contribution is 7.92. The number of fused-ring (bicyclic) bond motifs is 1. The van der Waals surface area contributed by atoms with Crippen LogP contribution in [0.2, 0.25) is 0 Å². The summed E-state index contributed by atoms with van der Waals surface area (Å²) in [6.07, 6.45) is 0.266. The van der Waals surface area contributed by atoms with Gasteiger partial charge in [0.05, 0.1) is 18.5 Å². The number of nitrogens with one attached hydrogen (secondary N) is 1. The zero-order valence-corrected chi connectivity index (χ0v) is 13.8. The lowest BCUT2D eigenvalue weighted by molar-refractivity contribution is -0.127. The minimum Gasteiger partial charge on any atom is -0.476 e. The number of anilines is 1. The Morgan fingerprint density at radius 3 is 2.73 bits per heavy atom. The van der Waals surface area contributed by atoms with Crippen LogP contribution in [-0.2, 0) is 14.8 Å². The molecule has 0 fully saturated rings. The zero-order chi connectivity index (χ0) is 16.3. The van der Waals surface area contributed by atoms with E-state index in [1.54, 1.807) is 24.3 Å². The van der Waals surface area contributed by atoms with Gasteiger partial charge in [-0.05, 0) is 26.2 Å². The Balaban J connectivity index is 2.15. The SMILES string of the molecule is CN(C)CCNC(=O)[C@@H]1CN(S(C)(=O)=O)c2ccccc2O1. The molecule has 1 amide bonds. The van der Waals surface area contributed by atoms with Gasteiger partial charge < -0.3 is 15.0 Å². The van der Waals surface area contributed by atoms with E-state index in [1.165, 1.54) is 4.31 Å². The molecule has 7 nitrogen and oxygen atoms in total. The number of nitrogens with zero attached hydrogens (tertiary/aromatic N) is 2. The largest absolute Gasteiger partial charge is 0.476 e. The number of ether oxygens (including phenoxy) is 1. The molecule has 0 bridgehead atoms. The van der Waals surface area contributed by atoms with E-state index in [0.717, 1.165) is 6.26 Å². The minimum absolute atomic E-state index is 0.0242.